The van der Waals surface area contributed by atoms with Crippen LogP contribution in [0.15, 0.2) is 45.8 Å². The molecular formula is C12H9BrO2S2. The van der Waals surface area contributed by atoms with Gasteiger partial charge in [-0.25, -0.2) is 4.79 Å². The molecule has 88 valence electrons. The van der Waals surface area contributed by atoms with Crippen molar-refractivity contribution in [3.8, 4) is 0 Å². The fraction of sp³-hybridized carbons (Fsp3) is 0.0833. The fourth-order valence-corrected chi connectivity index (χ4v) is 3.31. The molecule has 1 aromatic heterocycles. The van der Waals surface area contributed by atoms with Crippen LogP contribution in [0.25, 0.3) is 0 Å². The molecule has 0 saturated carbocycles. The Hall–Kier alpha value is -0.780. The van der Waals surface area contributed by atoms with E-state index in [9.17, 15) is 4.79 Å². The van der Waals surface area contributed by atoms with E-state index >= 15 is 0 Å². The number of aromatic carboxylic acids is 1. The summed E-state index contributed by atoms with van der Waals surface area (Å²) < 4.78 is 1.06. The van der Waals surface area contributed by atoms with Gasteiger partial charge in [-0.05, 0) is 36.4 Å². The zero-order valence-electron chi connectivity index (χ0n) is 8.72. The quantitative estimate of drug-likeness (QED) is 0.839. The van der Waals surface area contributed by atoms with Crippen LogP contribution in [-0.2, 0) is 5.75 Å². The van der Waals surface area contributed by atoms with Crippen LogP contribution in [0.1, 0.15) is 14.5 Å². The Morgan fingerprint density at radius 3 is 2.53 bits per heavy atom. The maximum absolute atomic E-state index is 10.7. The van der Waals surface area contributed by atoms with Crippen LogP contribution in [-0.4, -0.2) is 11.1 Å². The number of rotatable bonds is 4. The normalized spacial score (nSPS) is 10.4. The van der Waals surface area contributed by atoms with Gasteiger partial charge in [0.15, 0.2) is 0 Å². The molecule has 2 aromatic rings. The standard InChI is InChI=1S/C12H9BrO2S2/c13-8-1-3-9(4-2-8)16-7-10-5-6-11(17-10)12(14)15/h1-6H,7H2,(H,14,15). The summed E-state index contributed by atoms with van der Waals surface area (Å²) in [5.74, 6) is -0.0468. The second-order valence-electron chi connectivity index (χ2n) is 3.31. The number of thioether (sulfide) groups is 1. The number of carbonyl (C=O) groups is 1. The fourth-order valence-electron chi connectivity index (χ4n) is 1.26. The molecule has 2 rings (SSSR count). The third kappa shape index (κ3) is 3.59. The van der Waals surface area contributed by atoms with Crippen molar-refractivity contribution in [3.63, 3.8) is 0 Å². The van der Waals surface area contributed by atoms with Crippen molar-refractivity contribution in [2.45, 2.75) is 10.6 Å². The second kappa shape index (κ2) is 5.71. The minimum absolute atomic E-state index is 0.399. The number of carboxylic acid groups (broad SMARTS) is 1. The highest BCUT2D eigenvalue weighted by atomic mass is 79.9. The van der Waals surface area contributed by atoms with E-state index in [1.807, 2.05) is 30.3 Å². The Morgan fingerprint density at radius 2 is 1.94 bits per heavy atom. The number of carboxylic acids is 1. The first-order valence-corrected chi connectivity index (χ1v) is 7.45. The molecule has 5 heteroatoms. The van der Waals surface area contributed by atoms with E-state index in [-0.39, 0.29) is 0 Å². The highest BCUT2D eigenvalue weighted by Crippen LogP contribution is 2.27. The van der Waals surface area contributed by atoms with Crippen LogP contribution in [0.4, 0.5) is 0 Å². The van der Waals surface area contributed by atoms with Crippen LogP contribution in [0.3, 0.4) is 0 Å². The number of benzene rings is 1. The molecule has 0 aliphatic carbocycles. The molecule has 17 heavy (non-hydrogen) atoms. The Kier molecular flexibility index (Phi) is 4.25. The molecule has 0 radical (unpaired) electrons. The first kappa shape index (κ1) is 12.7. The predicted molar refractivity (Wildman–Crippen MR) is 75.0 cm³/mol. The lowest BCUT2D eigenvalue weighted by molar-refractivity contribution is 0.0702. The summed E-state index contributed by atoms with van der Waals surface area (Å²) in [5, 5.41) is 8.81. The van der Waals surface area contributed by atoms with Gasteiger partial charge in [-0.2, -0.15) is 0 Å². The van der Waals surface area contributed by atoms with Gasteiger partial charge >= 0.3 is 5.97 Å². The van der Waals surface area contributed by atoms with E-state index in [0.29, 0.717) is 4.88 Å². The largest absolute Gasteiger partial charge is 0.477 e. The maximum Gasteiger partial charge on any atom is 0.345 e. The lowest BCUT2D eigenvalue weighted by Crippen LogP contribution is -1.89. The van der Waals surface area contributed by atoms with Crippen molar-refractivity contribution in [3.05, 3.63) is 50.6 Å². The zero-order chi connectivity index (χ0) is 12.3. The smallest absolute Gasteiger partial charge is 0.345 e. The highest BCUT2D eigenvalue weighted by molar-refractivity contribution is 9.10. The zero-order valence-corrected chi connectivity index (χ0v) is 11.9. The summed E-state index contributed by atoms with van der Waals surface area (Å²) in [6, 6.07) is 11.6. The molecular weight excluding hydrogens is 320 g/mol. The first-order valence-electron chi connectivity index (χ1n) is 4.85. The van der Waals surface area contributed by atoms with E-state index in [2.05, 4.69) is 15.9 Å². The summed E-state index contributed by atoms with van der Waals surface area (Å²) in [4.78, 5) is 13.4. The van der Waals surface area contributed by atoms with E-state index in [4.69, 9.17) is 5.11 Å². The molecule has 0 spiro atoms. The highest BCUT2D eigenvalue weighted by Gasteiger charge is 2.06. The average Bonchev–Trinajstić information content (AvgIpc) is 2.77. The monoisotopic (exact) mass is 328 g/mol. The number of hydrogen-bond donors (Lipinski definition) is 1. The Balaban J connectivity index is 1.97. The number of halogens is 1. The minimum Gasteiger partial charge on any atom is -0.477 e. The van der Waals surface area contributed by atoms with Crippen LogP contribution in [0.2, 0.25) is 0 Å². The van der Waals surface area contributed by atoms with Crippen LogP contribution >= 0.6 is 39.0 Å². The topological polar surface area (TPSA) is 37.3 Å². The summed E-state index contributed by atoms with van der Waals surface area (Å²) in [7, 11) is 0. The van der Waals surface area contributed by atoms with Crippen molar-refractivity contribution in [2.24, 2.45) is 0 Å². The first-order chi connectivity index (χ1) is 8.15. The Labute approximate surface area is 116 Å². The van der Waals surface area contributed by atoms with Gasteiger partial charge in [0.2, 0.25) is 0 Å². The second-order valence-corrected chi connectivity index (χ2v) is 6.45. The molecule has 1 N–H and O–H groups in total. The molecule has 0 atom stereocenters. The molecule has 1 heterocycles. The molecule has 0 fully saturated rings. The van der Waals surface area contributed by atoms with Crippen molar-refractivity contribution in [2.75, 3.05) is 0 Å². The van der Waals surface area contributed by atoms with Crippen molar-refractivity contribution < 1.29 is 9.90 Å². The maximum atomic E-state index is 10.7. The van der Waals surface area contributed by atoms with Gasteiger partial charge in [-0.15, -0.1) is 23.1 Å². The Bertz CT molecular complexity index is 520. The van der Waals surface area contributed by atoms with Crippen LogP contribution in [0.5, 0.6) is 0 Å². The third-order valence-electron chi connectivity index (χ3n) is 2.07. The number of hydrogen-bond acceptors (Lipinski definition) is 3. The summed E-state index contributed by atoms with van der Waals surface area (Å²) in [5.41, 5.74) is 0. The van der Waals surface area contributed by atoms with E-state index in [0.717, 1.165) is 15.1 Å². The van der Waals surface area contributed by atoms with Gasteiger partial charge in [0, 0.05) is 20.0 Å². The van der Waals surface area contributed by atoms with Gasteiger partial charge in [0.25, 0.3) is 0 Å². The predicted octanol–water partition coefficient (Wildman–Crippen LogP) is 4.50. The van der Waals surface area contributed by atoms with Crippen molar-refractivity contribution in [1.82, 2.24) is 0 Å². The van der Waals surface area contributed by atoms with Crippen molar-refractivity contribution >= 4 is 45.0 Å². The van der Waals surface area contributed by atoms with Gasteiger partial charge in [0.05, 0.1) is 0 Å². The molecule has 0 aliphatic heterocycles. The van der Waals surface area contributed by atoms with E-state index in [1.165, 1.54) is 16.2 Å². The van der Waals surface area contributed by atoms with Gasteiger partial charge in [-0.1, -0.05) is 15.9 Å². The molecule has 1 aromatic carbocycles. The molecule has 0 amide bonds. The summed E-state index contributed by atoms with van der Waals surface area (Å²) in [6.07, 6.45) is 0. The third-order valence-corrected chi connectivity index (χ3v) is 4.91. The molecule has 0 saturated heterocycles. The average molecular weight is 329 g/mol. The van der Waals surface area contributed by atoms with Crippen molar-refractivity contribution in [1.29, 1.82) is 0 Å². The van der Waals surface area contributed by atoms with E-state index < -0.39 is 5.97 Å². The lowest BCUT2D eigenvalue weighted by Gasteiger charge is -1.99. The van der Waals surface area contributed by atoms with Gasteiger partial charge in [-0.3, -0.25) is 0 Å². The van der Waals surface area contributed by atoms with Gasteiger partial charge in [0.1, 0.15) is 4.88 Å². The van der Waals surface area contributed by atoms with Crippen LogP contribution < -0.4 is 0 Å². The minimum atomic E-state index is -0.852. The molecule has 0 aliphatic rings. The summed E-state index contributed by atoms with van der Waals surface area (Å²) in [6.45, 7) is 0. The van der Waals surface area contributed by atoms with Crippen LogP contribution in [0, 0.1) is 0 Å². The molecule has 0 bridgehead atoms. The lowest BCUT2D eigenvalue weighted by atomic mass is 10.4. The molecule has 2 nitrogen and oxygen atoms in total. The Morgan fingerprint density at radius 1 is 1.24 bits per heavy atom. The summed E-state index contributed by atoms with van der Waals surface area (Å²) >= 11 is 6.43. The number of thiophene rings is 1. The SMILES string of the molecule is O=C(O)c1ccc(CSc2ccc(Br)cc2)s1. The van der Waals surface area contributed by atoms with E-state index in [1.54, 1.807) is 17.8 Å². The van der Waals surface area contributed by atoms with Gasteiger partial charge < -0.3 is 5.11 Å². The molecule has 0 unspecified atom stereocenters.